The lowest BCUT2D eigenvalue weighted by Gasteiger charge is -2.13. The van der Waals surface area contributed by atoms with Gasteiger partial charge in [-0.2, -0.15) is 0 Å². The van der Waals surface area contributed by atoms with Gasteiger partial charge in [-0.05, 0) is 18.2 Å². The first kappa shape index (κ1) is 14.5. The normalized spacial score (nSPS) is 16.7. The van der Waals surface area contributed by atoms with E-state index in [4.69, 9.17) is 23.2 Å². The molecule has 0 bridgehead atoms. The second-order valence-corrected chi connectivity index (χ2v) is 7.73. The summed E-state index contributed by atoms with van der Waals surface area (Å²) in [5.74, 6) is -0.866. The molecule has 0 amide bonds. The Morgan fingerprint density at radius 1 is 1.19 bits per heavy atom. The molecule has 6 nitrogen and oxygen atoms in total. The molecule has 21 heavy (non-hydrogen) atoms. The first-order chi connectivity index (χ1) is 9.80. The van der Waals surface area contributed by atoms with Crippen LogP contribution in [0.1, 0.15) is 5.69 Å². The van der Waals surface area contributed by atoms with E-state index in [9.17, 15) is 18.3 Å². The van der Waals surface area contributed by atoms with Crippen LogP contribution in [0.15, 0.2) is 23.0 Å². The van der Waals surface area contributed by atoms with E-state index in [2.05, 4.69) is 0 Å². The number of fused-ring (bicyclic) bond motifs is 1. The van der Waals surface area contributed by atoms with E-state index in [0.29, 0.717) is 10.7 Å². The van der Waals surface area contributed by atoms with Gasteiger partial charge in [0.2, 0.25) is 5.88 Å². The second kappa shape index (κ2) is 4.79. The summed E-state index contributed by atoms with van der Waals surface area (Å²) in [7, 11) is -3.30. The molecule has 112 valence electrons. The van der Waals surface area contributed by atoms with Crippen molar-refractivity contribution in [3.05, 3.63) is 44.4 Å². The topological polar surface area (TPSA) is 81.3 Å². The first-order valence-electron chi connectivity index (χ1n) is 5.99. The van der Waals surface area contributed by atoms with Crippen molar-refractivity contribution in [3.8, 4) is 11.6 Å². The van der Waals surface area contributed by atoms with Gasteiger partial charge >= 0.3 is 5.69 Å². The Labute approximate surface area is 130 Å². The number of aromatic nitrogens is 2. The van der Waals surface area contributed by atoms with E-state index in [1.807, 2.05) is 0 Å². The van der Waals surface area contributed by atoms with Crippen LogP contribution in [0, 0.1) is 0 Å². The Hall–Kier alpha value is -1.44. The standard InChI is InChI=1S/C12H10Cl2N2O4S/c13-8-2-1-7(5-9(8)14)16-11(17)10-6-21(19,20)4-3-15(10)12(16)18/h1-2,5,17H,3-4,6H2. The van der Waals surface area contributed by atoms with Crippen molar-refractivity contribution in [3.63, 3.8) is 0 Å². The summed E-state index contributed by atoms with van der Waals surface area (Å²) in [5, 5.41) is 10.8. The highest BCUT2D eigenvalue weighted by Crippen LogP contribution is 2.29. The number of sulfone groups is 1. The van der Waals surface area contributed by atoms with Crippen molar-refractivity contribution in [2.75, 3.05) is 5.75 Å². The molecule has 2 aromatic rings. The third kappa shape index (κ3) is 2.35. The van der Waals surface area contributed by atoms with Crippen LogP contribution in [0.25, 0.3) is 5.69 Å². The lowest BCUT2D eigenvalue weighted by atomic mass is 10.3. The molecule has 1 N–H and O–H groups in total. The number of halogens is 2. The fraction of sp³-hybridized carbons (Fsp3) is 0.250. The molecule has 1 aromatic carbocycles. The van der Waals surface area contributed by atoms with Crippen molar-refractivity contribution in [1.29, 1.82) is 0 Å². The molecule has 0 saturated heterocycles. The summed E-state index contributed by atoms with van der Waals surface area (Å²) in [6.45, 7) is 0.0262. The highest BCUT2D eigenvalue weighted by atomic mass is 35.5. The van der Waals surface area contributed by atoms with E-state index in [-0.39, 0.29) is 34.6 Å². The zero-order chi connectivity index (χ0) is 15.4. The maximum absolute atomic E-state index is 12.3. The van der Waals surface area contributed by atoms with Crippen LogP contribution in [-0.2, 0) is 22.1 Å². The molecule has 3 rings (SSSR count). The van der Waals surface area contributed by atoms with E-state index in [1.165, 1.54) is 22.8 Å². The highest BCUT2D eigenvalue weighted by molar-refractivity contribution is 7.90. The zero-order valence-electron chi connectivity index (χ0n) is 10.6. The Balaban J connectivity index is 2.24. The molecule has 1 aliphatic rings. The second-order valence-electron chi connectivity index (χ2n) is 4.73. The summed E-state index contributed by atoms with van der Waals surface area (Å²) in [6, 6.07) is 4.46. The van der Waals surface area contributed by atoms with Crippen molar-refractivity contribution in [1.82, 2.24) is 9.13 Å². The third-order valence-electron chi connectivity index (χ3n) is 3.36. The average molecular weight is 349 g/mol. The van der Waals surface area contributed by atoms with Gasteiger partial charge in [0.15, 0.2) is 9.84 Å². The first-order valence-corrected chi connectivity index (χ1v) is 8.57. The van der Waals surface area contributed by atoms with Crippen LogP contribution < -0.4 is 5.69 Å². The Kier molecular flexibility index (Phi) is 3.31. The fourth-order valence-corrected chi connectivity index (χ4v) is 3.92. The number of imidazole rings is 1. The number of benzene rings is 1. The van der Waals surface area contributed by atoms with Gasteiger partial charge in [0.1, 0.15) is 0 Å². The Morgan fingerprint density at radius 3 is 2.57 bits per heavy atom. The summed E-state index contributed by atoms with van der Waals surface area (Å²) in [5.41, 5.74) is -0.0840. The van der Waals surface area contributed by atoms with E-state index in [1.54, 1.807) is 0 Å². The maximum atomic E-state index is 12.3. The number of rotatable bonds is 1. The van der Waals surface area contributed by atoms with Crippen LogP contribution in [0.3, 0.4) is 0 Å². The minimum Gasteiger partial charge on any atom is -0.493 e. The lowest BCUT2D eigenvalue weighted by molar-refractivity contribution is 0.434. The zero-order valence-corrected chi connectivity index (χ0v) is 12.9. The van der Waals surface area contributed by atoms with Gasteiger partial charge in [0.05, 0.1) is 32.9 Å². The molecule has 0 fully saturated rings. The molecule has 0 spiro atoms. The average Bonchev–Trinajstić information content (AvgIpc) is 2.64. The van der Waals surface area contributed by atoms with Gasteiger partial charge in [0, 0.05) is 6.54 Å². The van der Waals surface area contributed by atoms with Gasteiger partial charge in [-0.15, -0.1) is 0 Å². The van der Waals surface area contributed by atoms with Crippen molar-refractivity contribution in [2.24, 2.45) is 0 Å². The van der Waals surface area contributed by atoms with Crippen LogP contribution in [0.2, 0.25) is 10.0 Å². The number of hydrogen-bond donors (Lipinski definition) is 1. The van der Waals surface area contributed by atoms with Gasteiger partial charge in [0.25, 0.3) is 0 Å². The van der Waals surface area contributed by atoms with Crippen molar-refractivity contribution < 1.29 is 13.5 Å². The summed E-state index contributed by atoms with van der Waals surface area (Å²) < 4.78 is 25.6. The third-order valence-corrected chi connectivity index (χ3v) is 5.62. The van der Waals surface area contributed by atoms with Gasteiger partial charge in [-0.1, -0.05) is 23.2 Å². The predicted molar refractivity (Wildman–Crippen MR) is 79.2 cm³/mol. The smallest absolute Gasteiger partial charge is 0.335 e. The Morgan fingerprint density at radius 2 is 1.90 bits per heavy atom. The van der Waals surface area contributed by atoms with E-state index < -0.39 is 15.5 Å². The van der Waals surface area contributed by atoms with E-state index >= 15 is 0 Å². The van der Waals surface area contributed by atoms with Gasteiger partial charge in [-0.25, -0.2) is 17.8 Å². The minimum absolute atomic E-state index is 0.0262. The van der Waals surface area contributed by atoms with Crippen LogP contribution >= 0.6 is 23.2 Å². The largest absolute Gasteiger partial charge is 0.493 e. The molecule has 0 unspecified atom stereocenters. The van der Waals surface area contributed by atoms with Crippen LogP contribution in [-0.4, -0.2) is 28.4 Å². The quantitative estimate of drug-likeness (QED) is 0.848. The molecule has 1 aliphatic heterocycles. The summed E-state index contributed by atoms with van der Waals surface area (Å²) in [6.07, 6.45) is 0. The monoisotopic (exact) mass is 348 g/mol. The van der Waals surface area contributed by atoms with Gasteiger partial charge < -0.3 is 5.11 Å². The molecule has 0 aliphatic carbocycles. The number of aromatic hydroxyl groups is 1. The lowest BCUT2D eigenvalue weighted by Crippen LogP contribution is -2.31. The van der Waals surface area contributed by atoms with Crippen molar-refractivity contribution >= 4 is 33.0 Å². The van der Waals surface area contributed by atoms with Crippen LogP contribution in [0.4, 0.5) is 0 Å². The molecule has 9 heteroatoms. The van der Waals surface area contributed by atoms with E-state index in [0.717, 1.165) is 4.57 Å². The molecular formula is C12H10Cl2N2O4S. The number of nitrogens with zero attached hydrogens (tertiary/aromatic N) is 2. The minimum atomic E-state index is -3.30. The predicted octanol–water partition coefficient (Wildman–Crippen LogP) is 1.58. The molecule has 1 aromatic heterocycles. The molecule has 0 saturated carbocycles. The van der Waals surface area contributed by atoms with Gasteiger partial charge in [-0.3, -0.25) is 4.57 Å². The summed E-state index contributed by atoms with van der Waals surface area (Å²) >= 11 is 11.7. The number of hydrogen-bond acceptors (Lipinski definition) is 4. The highest BCUT2D eigenvalue weighted by Gasteiger charge is 2.29. The fourth-order valence-electron chi connectivity index (χ4n) is 2.32. The SMILES string of the molecule is O=c1n2c(c(O)n1-c1ccc(Cl)c(Cl)c1)CS(=O)(=O)CC2. The van der Waals surface area contributed by atoms with Crippen molar-refractivity contribution in [2.45, 2.75) is 12.3 Å². The van der Waals surface area contributed by atoms with Crippen LogP contribution in [0.5, 0.6) is 5.88 Å². The molecule has 2 heterocycles. The molecule has 0 atom stereocenters. The maximum Gasteiger partial charge on any atom is 0.335 e. The Bertz CT molecular complexity index is 899. The summed E-state index contributed by atoms with van der Waals surface area (Å²) in [4.78, 5) is 12.3. The molecule has 0 radical (unpaired) electrons. The molecular weight excluding hydrogens is 339 g/mol.